The van der Waals surface area contributed by atoms with Gasteiger partial charge in [0.1, 0.15) is 0 Å². The number of urea groups is 1. The number of carbonyl (C=O) groups is 1. The highest BCUT2D eigenvalue weighted by atomic mass is 16.2. The Morgan fingerprint density at radius 2 is 1.86 bits per heavy atom. The maximum absolute atomic E-state index is 10.9. The molecule has 0 aliphatic rings. The van der Waals surface area contributed by atoms with Crippen LogP contribution < -0.4 is 16.6 Å². The maximum Gasteiger partial charge on any atom is 0.333 e. The molecule has 0 unspecified atom stereocenters. The molecule has 0 atom stereocenters. The molecular formula is C10H15N3O. The van der Waals surface area contributed by atoms with Crippen LogP contribution in [0.15, 0.2) is 24.3 Å². The molecule has 14 heavy (non-hydrogen) atoms. The van der Waals surface area contributed by atoms with Gasteiger partial charge in [0, 0.05) is 5.69 Å². The Balaban J connectivity index is 2.69. The zero-order valence-corrected chi connectivity index (χ0v) is 8.37. The Morgan fingerprint density at radius 1 is 1.29 bits per heavy atom. The summed E-state index contributed by atoms with van der Waals surface area (Å²) in [5, 5.41) is 2.58. The van der Waals surface area contributed by atoms with E-state index in [4.69, 9.17) is 5.84 Å². The molecule has 76 valence electrons. The van der Waals surface area contributed by atoms with Crippen molar-refractivity contribution in [2.75, 3.05) is 5.32 Å². The van der Waals surface area contributed by atoms with E-state index in [-0.39, 0.29) is 0 Å². The minimum atomic E-state index is -0.415. The second-order valence-corrected chi connectivity index (χ2v) is 3.38. The van der Waals surface area contributed by atoms with Crippen LogP contribution in [0.25, 0.3) is 0 Å². The summed E-state index contributed by atoms with van der Waals surface area (Å²) in [6, 6.07) is 7.25. The van der Waals surface area contributed by atoms with Crippen LogP contribution in [0.1, 0.15) is 25.3 Å². The summed E-state index contributed by atoms with van der Waals surface area (Å²) in [6.07, 6.45) is 0. The molecule has 4 nitrogen and oxygen atoms in total. The maximum atomic E-state index is 10.9. The lowest BCUT2D eigenvalue weighted by atomic mass is 10.0. The SMILES string of the molecule is CC(C)c1ccc(NC(=O)NN)cc1. The standard InChI is InChI=1S/C10H15N3O/c1-7(2)8-3-5-9(6-4-8)12-10(14)13-11/h3-7H,11H2,1-2H3,(H2,12,13,14). The molecular weight excluding hydrogens is 178 g/mol. The fourth-order valence-electron chi connectivity index (χ4n) is 1.12. The van der Waals surface area contributed by atoms with E-state index in [9.17, 15) is 4.79 Å². The van der Waals surface area contributed by atoms with Gasteiger partial charge in [-0.3, -0.25) is 5.43 Å². The summed E-state index contributed by atoms with van der Waals surface area (Å²) in [5.41, 5.74) is 3.97. The molecule has 0 radical (unpaired) electrons. The van der Waals surface area contributed by atoms with Gasteiger partial charge in [0.15, 0.2) is 0 Å². The van der Waals surface area contributed by atoms with E-state index >= 15 is 0 Å². The molecule has 4 N–H and O–H groups in total. The molecule has 2 amide bonds. The van der Waals surface area contributed by atoms with Gasteiger partial charge in [-0.1, -0.05) is 26.0 Å². The van der Waals surface area contributed by atoms with Gasteiger partial charge in [0.05, 0.1) is 0 Å². The monoisotopic (exact) mass is 193 g/mol. The van der Waals surface area contributed by atoms with Crippen LogP contribution in [0.2, 0.25) is 0 Å². The fraction of sp³-hybridized carbons (Fsp3) is 0.300. The number of nitrogens with two attached hydrogens (primary N) is 1. The molecule has 0 aliphatic heterocycles. The van der Waals surface area contributed by atoms with Crippen LogP contribution in [0.5, 0.6) is 0 Å². The first-order chi connectivity index (χ1) is 6.63. The van der Waals surface area contributed by atoms with Gasteiger partial charge in [0.25, 0.3) is 0 Å². The molecule has 0 fully saturated rings. The van der Waals surface area contributed by atoms with Crippen molar-refractivity contribution in [3.63, 3.8) is 0 Å². The molecule has 0 aliphatic carbocycles. The van der Waals surface area contributed by atoms with E-state index in [1.54, 1.807) is 0 Å². The minimum absolute atomic E-state index is 0.415. The quantitative estimate of drug-likeness (QED) is 0.381. The van der Waals surface area contributed by atoms with Crippen LogP contribution in [0.4, 0.5) is 10.5 Å². The number of amides is 2. The van der Waals surface area contributed by atoms with Crippen LogP contribution in [0.3, 0.4) is 0 Å². The van der Waals surface area contributed by atoms with Gasteiger partial charge in [0.2, 0.25) is 0 Å². The summed E-state index contributed by atoms with van der Waals surface area (Å²) < 4.78 is 0. The molecule has 0 saturated carbocycles. The van der Waals surface area contributed by atoms with Crippen molar-refractivity contribution < 1.29 is 4.79 Å². The molecule has 1 aromatic carbocycles. The van der Waals surface area contributed by atoms with Gasteiger partial charge in [-0.2, -0.15) is 0 Å². The Morgan fingerprint density at radius 3 is 2.29 bits per heavy atom. The average Bonchev–Trinajstić information content (AvgIpc) is 2.18. The van der Waals surface area contributed by atoms with E-state index in [1.165, 1.54) is 5.56 Å². The van der Waals surface area contributed by atoms with Crippen molar-refractivity contribution >= 4 is 11.7 Å². The number of rotatable bonds is 2. The summed E-state index contributed by atoms with van der Waals surface area (Å²) in [4.78, 5) is 10.9. The first-order valence-corrected chi connectivity index (χ1v) is 4.51. The van der Waals surface area contributed by atoms with Crippen molar-refractivity contribution in [3.05, 3.63) is 29.8 Å². The highest BCUT2D eigenvalue weighted by molar-refractivity contribution is 5.88. The lowest BCUT2D eigenvalue weighted by molar-refractivity contribution is 0.252. The molecule has 1 aromatic rings. The fourth-order valence-corrected chi connectivity index (χ4v) is 1.12. The highest BCUT2D eigenvalue weighted by Crippen LogP contribution is 2.16. The number of carbonyl (C=O) groups excluding carboxylic acids is 1. The number of benzene rings is 1. The van der Waals surface area contributed by atoms with Gasteiger partial charge < -0.3 is 5.32 Å². The van der Waals surface area contributed by atoms with E-state index in [0.717, 1.165) is 5.69 Å². The van der Waals surface area contributed by atoms with E-state index < -0.39 is 6.03 Å². The van der Waals surface area contributed by atoms with E-state index in [1.807, 2.05) is 29.7 Å². The van der Waals surface area contributed by atoms with Crippen molar-refractivity contribution in [1.82, 2.24) is 5.43 Å². The number of anilines is 1. The third kappa shape index (κ3) is 2.74. The number of hydrazine groups is 1. The van der Waals surface area contributed by atoms with Gasteiger partial charge >= 0.3 is 6.03 Å². The van der Waals surface area contributed by atoms with Crippen molar-refractivity contribution in [1.29, 1.82) is 0 Å². The van der Waals surface area contributed by atoms with Crippen LogP contribution in [0, 0.1) is 0 Å². The third-order valence-electron chi connectivity index (χ3n) is 1.97. The molecule has 1 rings (SSSR count). The van der Waals surface area contributed by atoms with Crippen molar-refractivity contribution in [2.45, 2.75) is 19.8 Å². The predicted molar refractivity (Wildman–Crippen MR) is 56.9 cm³/mol. The average molecular weight is 193 g/mol. The first kappa shape index (κ1) is 10.5. The van der Waals surface area contributed by atoms with Crippen molar-refractivity contribution in [2.24, 2.45) is 5.84 Å². The second-order valence-electron chi connectivity index (χ2n) is 3.38. The number of hydrogen-bond acceptors (Lipinski definition) is 2. The first-order valence-electron chi connectivity index (χ1n) is 4.51. The van der Waals surface area contributed by atoms with Crippen LogP contribution in [-0.4, -0.2) is 6.03 Å². The van der Waals surface area contributed by atoms with Crippen LogP contribution in [-0.2, 0) is 0 Å². The van der Waals surface area contributed by atoms with E-state index in [0.29, 0.717) is 5.92 Å². The lowest BCUT2D eigenvalue weighted by Crippen LogP contribution is -2.34. The lowest BCUT2D eigenvalue weighted by Gasteiger charge is -2.07. The number of nitrogens with one attached hydrogen (secondary N) is 2. The van der Waals surface area contributed by atoms with Gasteiger partial charge in [-0.15, -0.1) is 0 Å². The Hall–Kier alpha value is -1.55. The third-order valence-corrected chi connectivity index (χ3v) is 1.97. The Labute approximate surface area is 83.5 Å². The smallest absolute Gasteiger partial charge is 0.307 e. The second kappa shape index (κ2) is 4.62. The van der Waals surface area contributed by atoms with Crippen LogP contribution >= 0.6 is 0 Å². The summed E-state index contributed by atoms with van der Waals surface area (Å²) in [5.74, 6) is 5.43. The number of hydrogen-bond donors (Lipinski definition) is 3. The van der Waals surface area contributed by atoms with Gasteiger partial charge in [-0.05, 0) is 23.6 Å². The molecule has 0 bridgehead atoms. The zero-order valence-electron chi connectivity index (χ0n) is 8.37. The summed E-state index contributed by atoms with van der Waals surface area (Å²) in [7, 11) is 0. The normalized spacial score (nSPS) is 10.0. The molecule has 0 heterocycles. The largest absolute Gasteiger partial charge is 0.333 e. The highest BCUT2D eigenvalue weighted by Gasteiger charge is 2.00. The summed E-state index contributed by atoms with van der Waals surface area (Å²) >= 11 is 0. The molecule has 0 aromatic heterocycles. The van der Waals surface area contributed by atoms with Crippen molar-refractivity contribution in [3.8, 4) is 0 Å². The topological polar surface area (TPSA) is 67.2 Å². The molecule has 0 spiro atoms. The predicted octanol–water partition coefficient (Wildman–Crippen LogP) is 1.81. The van der Waals surface area contributed by atoms with Gasteiger partial charge in [-0.25, -0.2) is 10.6 Å². The molecule has 4 heteroatoms. The Kier molecular flexibility index (Phi) is 3.48. The van der Waals surface area contributed by atoms with E-state index in [2.05, 4.69) is 19.2 Å². The molecule has 0 saturated heterocycles. The summed E-state index contributed by atoms with van der Waals surface area (Å²) in [6.45, 7) is 4.24. The Bertz CT molecular complexity index is 306. The minimum Gasteiger partial charge on any atom is -0.307 e. The zero-order chi connectivity index (χ0) is 10.6.